The first-order valence-corrected chi connectivity index (χ1v) is 8.92. The molecule has 1 fully saturated rings. The summed E-state index contributed by atoms with van der Waals surface area (Å²) in [7, 11) is -3.12. The molecule has 0 saturated carbocycles. The van der Waals surface area contributed by atoms with E-state index in [1.165, 1.54) is 19.1 Å². The van der Waals surface area contributed by atoms with Crippen LogP contribution in [0.4, 0.5) is 5.69 Å². The fourth-order valence-electron chi connectivity index (χ4n) is 2.33. The molecular weight excluding hydrogens is 340 g/mol. The van der Waals surface area contributed by atoms with Gasteiger partial charge in [-0.15, -0.1) is 0 Å². The van der Waals surface area contributed by atoms with E-state index in [-0.39, 0.29) is 22.8 Å². The van der Waals surface area contributed by atoms with E-state index in [0.29, 0.717) is 12.0 Å². The van der Waals surface area contributed by atoms with Crippen LogP contribution in [-0.2, 0) is 19.4 Å². The number of sulfone groups is 1. The zero-order chi connectivity index (χ0) is 17.9. The van der Waals surface area contributed by atoms with Crippen molar-refractivity contribution in [2.45, 2.75) is 19.4 Å². The van der Waals surface area contributed by atoms with Gasteiger partial charge in [0.15, 0.2) is 16.4 Å². The molecule has 1 amide bonds. The van der Waals surface area contributed by atoms with Gasteiger partial charge in [-0.25, -0.2) is 13.2 Å². The number of nitrogens with zero attached hydrogens (tertiary/aromatic N) is 1. The van der Waals surface area contributed by atoms with Crippen LogP contribution >= 0.6 is 0 Å². The number of carbonyl (C=O) groups is 2. The smallest absolute Gasteiger partial charge is 0.338 e. The Kier molecular flexibility index (Phi) is 5.17. The lowest BCUT2D eigenvalue weighted by molar-refractivity contribution is -0.385. The summed E-state index contributed by atoms with van der Waals surface area (Å²) >= 11 is 0. The third kappa shape index (κ3) is 4.51. The van der Waals surface area contributed by atoms with Crippen molar-refractivity contribution < 1.29 is 27.7 Å². The highest BCUT2D eigenvalue weighted by atomic mass is 32.2. The van der Waals surface area contributed by atoms with Crippen molar-refractivity contribution in [3.05, 3.63) is 39.4 Å². The summed E-state index contributed by atoms with van der Waals surface area (Å²) in [6.07, 6.45) is 0.326. The maximum atomic E-state index is 11.9. The van der Waals surface area contributed by atoms with Crippen LogP contribution in [-0.4, -0.2) is 49.4 Å². The molecule has 1 aromatic rings. The van der Waals surface area contributed by atoms with Crippen molar-refractivity contribution in [2.24, 2.45) is 0 Å². The van der Waals surface area contributed by atoms with Gasteiger partial charge in [-0.2, -0.15) is 0 Å². The Bertz CT molecular complexity index is 788. The van der Waals surface area contributed by atoms with Gasteiger partial charge in [-0.05, 0) is 19.4 Å². The monoisotopic (exact) mass is 356 g/mol. The number of esters is 1. The molecule has 0 aromatic heterocycles. The summed E-state index contributed by atoms with van der Waals surface area (Å²) in [6.45, 7) is 0.952. The molecule has 0 radical (unpaired) electrons. The van der Waals surface area contributed by atoms with Gasteiger partial charge in [0.25, 0.3) is 11.6 Å². The van der Waals surface area contributed by atoms with Crippen LogP contribution in [0.2, 0.25) is 0 Å². The molecule has 1 saturated heterocycles. The number of carbonyl (C=O) groups excluding carboxylic acids is 2. The first-order valence-electron chi connectivity index (χ1n) is 7.10. The molecule has 1 unspecified atom stereocenters. The van der Waals surface area contributed by atoms with E-state index < -0.39 is 39.3 Å². The van der Waals surface area contributed by atoms with Crippen molar-refractivity contribution in [1.29, 1.82) is 0 Å². The minimum absolute atomic E-state index is 0.0186. The Labute approximate surface area is 138 Å². The van der Waals surface area contributed by atoms with Crippen LogP contribution in [0.5, 0.6) is 0 Å². The molecule has 1 N–H and O–H groups in total. The van der Waals surface area contributed by atoms with Gasteiger partial charge < -0.3 is 10.1 Å². The highest BCUT2D eigenvalue weighted by Gasteiger charge is 2.29. The molecule has 130 valence electrons. The molecule has 0 bridgehead atoms. The number of hydrogen-bond acceptors (Lipinski definition) is 7. The summed E-state index contributed by atoms with van der Waals surface area (Å²) in [5.41, 5.74) is 0.144. The number of nitro benzene ring substituents is 1. The van der Waals surface area contributed by atoms with Crippen LogP contribution in [0.3, 0.4) is 0 Å². The van der Waals surface area contributed by atoms with Crippen molar-refractivity contribution in [2.75, 3.05) is 18.1 Å². The molecule has 10 heteroatoms. The predicted octanol–water partition coefficient (Wildman–Crippen LogP) is 0.363. The molecule has 24 heavy (non-hydrogen) atoms. The molecule has 0 aliphatic carbocycles. The molecule has 1 aliphatic heterocycles. The number of rotatable bonds is 5. The number of amides is 1. The molecule has 1 atom stereocenters. The van der Waals surface area contributed by atoms with Gasteiger partial charge in [-0.3, -0.25) is 14.9 Å². The summed E-state index contributed by atoms with van der Waals surface area (Å²) in [5, 5.41) is 13.3. The van der Waals surface area contributed by atoms with Gasteiger partial charge >= 0.3 is 5.97 Å². The zero-order valence-corrected chi connectivity index (χ0v) is 13.7. The number of nitro groups is 1. The number of benzene rings is 1. The lowest BCUT2D eigenvalue weighted by Crippen LogP contribution is -2.38. The molecule has 1 heterocycles. The van der Waals surface area contributed by atoms with Gasteiger partial charge in [0, 0.05) is 17.7 Å². The van der Waals surface area contributed by atoms with Crippen LogP contribution in [0.25, 0.3) is 0 Å². The van der Waals surface area contributed by atoms with Crippen molar-refractivity contribution in [3.8, 4) is 0 Å². The summed E-state index contributed by atoms with van der Waals surface area (Å²) in [5.74, 6) is -1.60. The van der Waals surface area contributed by atoms with Crippen LogP contribution < -0.4 is 5.32 Å². The lowest BCUT2D eigenvalue weighted by Gasteiger charge is -2.11. The molecule has 2 rings (SSSR count). The SMILES string of the molecule is Cc1ccc(C(=O)OCC(=O)NC2CCS(=O)(=O)C2)cc1[N+](=O)[O-]. The first-order chi connectivity index (χ1) is 11.2. The fourth-order valence-corrected chi connectivity index (χ4v) is 4.00. The predicted molar refractivity (Wildman–Crippen MR) is 83.3 cm³/mol. The second-order valence-corrected chi connectivity index (χ2v) is 7.73. The second-order valence-electron chi connectivity index (χ2n) is 5.50. The highest BCUT2D eigenvalue weighted by molar-refractivity contribution is 7.91. The van der Waals surface area contributed by atoms with Crippen LogP contribution in [0.1, 0.15) is 22.3 Å². The second kappa shape index (κ2) is 6.95. The van der Waals surface area contributed by atoms with Gasteiger partial charge in [-0.1, -0.05) is 6.07 Å². The van der Waals surface area contributed by atoms with Gasteiger partial charge in [0.2, 0.25) is 0 Å². The Hall–Kier alpha value is -2.49. The Morgan fingerprint density at radius 3 is 2.71 bits per heavy atom. The normalized spacial score (nSPS) is 18.8. The van der Waals surface area contributed by atoms with E-state index in [4.69, 9.17) is 4.74 Å². The third-order valence-electron chi connectivity index (χ3n) is 3.57. The summed E-state index contributed by atoms with van der Waals surface area (Å²) in [6, 6.07) is 3.38. The highest BCUT2D eigenvalue weighted by Crippen LogP contribution is 2.19. The van der Waals surface area contributed by atoms with E-state index in [1.807, 2.05) is 0 Å². The van der Waals surface area contributed by atoms with E-state index in [0.717, 1.165) is 6.07 Å². The Balaban J connectivity index is 1.90. The standard InChI is InChI=1S/C14H16N2O7S/c1-9-2-3-10(6-12(9)16(19)20)14(18)23-7-13(17)15-11-4-5-24(21,22)8-11/h2-3,6,11H,4-5,7-8H2,1H3,(H,15,17). The topological polar surface area (TPSA) is 133 Å². The quantitative estimate of drug-likeness (QED) is 0.457. The molecule has 0 spiro atoms. The van der Waals surface area contributed by atoms with Crippen molar-refractivity contribution in [1.82, 2.24) is 5.32 Å². The van der Waals surface area contributed by atoms with Crippen molar-refractivity contribution in [3.63, 3.8) is 0 Å². The average molecular weight is 356 g/mol. The first kappa shape index (κ1) is 17.9. The van der Waals surface area contributed by atoms with E-state index in [2.05, 4.69) is 5.32 Å². The Morgan fingerprint density at radius 2 is 2.12 bits per heavy atom. The largest absolute Gasteiger partial charge is 0.452 e. The van der Waals surface area contributed by atoms with Gasteiger partial charge in [0.05, 0.1) is 22.0 Å². The molecular formula is C14H16N2O7S. The van der Waals surface area contributed by atoms with E-state index in [1.54, 1.807) is 0 Å². The third-order valence-corrected chi connectivity index (χ3v) is 5.34. The number of ether oxygens (including phenoxy) is 1. The van der Waals surface area contributed by atoms with Gasteiger partial charge in [0.1, 0.15) is 0 Å². The van der Waals surface area contributed by atoms with E-state index >= 15 is 0 Å². The summed E-state index contributed by atoms with van der Waals surface area (Å²) < 4.78 is 27.4. The van der Waals surface area contributed by atoms with Crippen molar-refractivity contribution >= 4 is 27.4 Å². The minimum Gasteiger partial charge on any atom is -0.452 e. The van der Waals surface area contributed by atoms with Crippen LogP contribution in [0.15, 0.2) is 18.2 Å². The Morgan fingerprint density at radius 1 is 1.42 bits per heavy atom. The molecule has 9 nitrogen and oxygen atoms in total. The number of nitrogens with one attached hydrogen (secondary N) is 1. The number of hydrogen-bond donors (Lipinski definition) is 1. The maximum Gasteiger partial charge on any atom is 0.338 e. The molecule has 1 aliphatic rings. The summed E-state index contributed by atoms with van der Waals surface area (Å²) in [4.78, 5) is 33.8. The average Bonchev–Trinajstić information content (AvgIpc) is 2.83. The van der Waals surface area contributed by atoms with E-state index in [9.17, 15) is 28.1 Å². The van der Waals surface area contributed by atoms with Crippen LogP contribution in [0, 0.1) is 17.0 Å². The number of aryl methyl sites for hydroxylation is 1. The molecule has 1 aromatic carbocycles. The maximum absolute atomic E-state index is 11.9. The zero-order valence-electron chi connectivity index (χ0n) is 12.9. The fraction of sp³-hybridized carbons (Fsp3) is 0.429. The lowest BCUT2D eigenvalue weighted by atomic mass is 10.1. The minimum atomic E-state index is -3.12.